The topological polar surface area (TPSA) is 25.8 Å². The molecule has 3 rings (SSSR count). The summed E-state index contributed by atoms with van der Waals surface area (Å²) < 4.78 is 28.1. The molecule has 1 aromatic heterocycles. The van der Waals surface area contributed by atoms with E-state index < -0.39 is 11.6 Å². The number of benzene rings is 2. The molecule has 0 aliphatic heterocycles. The van der Waals surface area contributed by atoms with Gasteiger partial charge in [-0.1, -0.05) is 33.6 Å². The summed E-state index contributed by atoms with van der Waals surface area (Å²) in [5.74, 6) is -1.87. The highest BCUT2D eigenvalue weighted by Gasteiger charge is 2.16. The third-order valence-corrected chi connectivity index (χ3v) is 4.35. The molecule has 0 aliphatic rings. The van der Waals surface area contributed by atoms with Crippen molar-refractivity contribution in [2.75, 3.05) is 0 Å². The third kappa shape index (κ3) is 2.40. The number of nitrogens with zero attached hydrogens (tertiary/aromatic N) is 2. The molecule has 3 aromatic rings. The lowest BCUT2D eigenvalue weighted by atomic mass is 10.1. The molecule has 0 bridgehead atoms. The van der Waals surface area contributed by atoms with Crippen LogP contribution in [0.25, 0.3) is 22.3 Å². The molecule has 0 fully saturated rings. The van der Waals surface area contributed by atoms with Gasteiger partial charge in [-0.25, -0.2) is 18.7 Å². The van der Waals surface area contributed by atoms with E-state index in [4.69, 9.17) is 11.6 Å². The molecule has 0 unspecified atom stereocenters. The molecule has 0 aliphatic carbocycles. The van der Waals surface area contributed by atoms with Crippen LogP contribution in [-0.4, -0.2) is 9.97 Å². The Hall–Kier alpha value is -1.59. The van der Waals surface area contributed by atoms with Crippen LogP contribution in [0.15, 0.2) is 34.8 Å². The summed E-state index contributed by atoms with van der Waals surface area (Å²) >= 11 is 9.56. The fourth-order valence-electron chi connectivity index (χ4n) is 2.07. The first-order valence-corrected chi connectivity index (χ1v) is 7.23. The van der Waals surface area contributed by atoms with Gasteiger partial charge in [0, 0.05) is 9.86 Å². The molecule has 0 radical (unpaired) electrons. The highest BCUT2D eigenvalue weighted by molar-refractivity contribution is 9.10. The van der Waals surface area contributed by atoms with Gasteiger partial charge in [0.1, 0.15) is 5.15 Å². The van der Waals surface area contributed by atoms with Crippen molar-refractivity contribution in [2.24, 2.45) is 0 Å². The van der Waals surface area contributed by atoms with Gasteiger partial charge in [-0.15, -0.1) is 0 Å². The molecule has 1 heterocycles. The van der Waals surface area contributed by atoms with E-state index in [1.54, 1.807) is 6.07 Å². The molecule has 0 saturated carbocycles. The number of aromatic nitrogens is 2. The summed E-state index contributed by atoms with van der Waals surface area (Å²) in [7, 11) is 0. The van der Waals surface area contributed by atoms with Crippen molar-refractivity contribution in [1.82, 2.24) is 9.97 Å². The Bertz CT molecular complexity index is 868. The van der Waals surface area contributed by atoms with Gasteiger partial charge in [0.2, 0.25) is 0 Å². The van der Waals surface area contributed by atoms with Gasteiger partial charge in [0.15, 0.2) is 17.5 Å². The lowest BCUT2D eigenvalue weighted by Crippen LogP contribution is -1.97. The summed E-state index contributed by atoms with van der Waals surface area (Å²) in [6.45, 7) is 1.86. The lowest BCUT2D eigenvalue weighted by molar-refractivity contribution is 0.510. The van der Waals surface area contributed by atoms with E-state index in [-0.39, 0.29) is 16.5 Å². The second-order valence-electron chi connectivity index (χ2n) is 4.51. The summed E-state index contributed by atoms with van der Waals surface area (Å²) in [6.07, 6.45) is 0. The minimum Gasteiger partial charge on any atom is -0.227 e. The maximum absolute atomic E-state index is 13.9. The standard InChI is InChI=1S/C15H8BrClF2N2/c1-7-10(16)6-5-9-13(7)20-15(21-14(9)17)8-3-2-4-11(18)12(8)19/h2-6H,1H3. The SMILES string of the molecule is Cc1c(Br)ccc2c(Cl)nc(-c3cccc(F)c3F)nc12. The fourth-order valence-corrected chi connectivity index (χ4v) is 2.62. The van der Waals surface area contributed by atoms with E-state index in [1.165, 1.54) is 12.1 Å². The monoisotopic (exact) mass is 368 g/mol. The summed E-state index contributed by atoms with van der Waals surface area (Å²) in [5, 5.41) is 0.868. The van der Waals surface area contributed by atoms with E-state index in [1.807, 2.05) is 13.0 Å². The number of aryl methyl sites for hydroxylation is 1. The molecule has 0 amide bonds. The van der Waals surface area contributed by atoms with Crippen LogP contribution in [0.5, 0.6) is 0 Å². The van der Waals surface area contributed by atoms with Crippen LogP contribution < -0.4 is 0 Å². The Labute approximate surface area is 132 Å². The molecular weight excluding hydrogens is 362 g/mol. The van der Waals surface area contributed by atoms with Crippen molar-refractivity contribution in [3.8, 4) is 11.4 Å². The van der Waals surface area contributed by atoms with Gasteiger partial charge in [-0.3, -0.25) is 0 Å². The summed E-state index contributed by atoms with van der Waals surface area (Å²) in [5.41, 5.74) is 1.44. The maximum atomic E-state index is 13.9. The normalized spacial score (nSPS) is 11.1. The molecule has 6 heteroatoms. The van der Waals surface area contributed by atoms with Crippen molar-refractivity contribution in [3.05, 3.63) is 57.2 Å². The van der Waals surface area contributed by atoms with Crippen LogP contribution in [0, 0.1) is 18.6 Å². The highest BCUT2D eigenvalue weighted by Crippen LogP contribution is 2.31. The van der Waals surface area contributed by atoms with Crippen molar-refractivity contribution >= 4 is 38.4 Å². The van der Waals surface area contributed by atoms with Crippen LogP contribution in [-0.2, 0) is 0 Å². The second-order valence-corrected chi connectivity index (χ2v) is 5.72. The molecule has 21 heavy (non-hydrogen) atoms. The quantitative estimate of drug-likeness (QED) is 0.544. The molecule has 2 nitrogen and oxygen atoms in total. The van der Waals surface area contributed by atoms with E-state index in [2.05, 4.69) is 25.9 Å². The number of halogens is 4. The van der Waals surface area contributed by atoms with Crippen LogP contribution in [0.2, 0.25) is 5.15 Å². The molecule has 2 aromatic carbocycles. The van der Waals surface area contributed by atoms with Crippen LogP contribution in [0.1, 0.15) is 5.56 Å². The van der Waals surface area contributed by atoms with Crippen molar-refractivity contribution < 1.29 is 8.78 Å². The van der Waals surface area contributed by atoms with Crippen molar-refractivity contribution in [3.63, 3.8) is 0 Å². The Morgan fingerprint density at radius 1 is 1.10 bits per heavy atom. The molecule has 0 spiro atoms. The average Bonchev–Trinajstić information content (AvgIpc) is 2.46. The highest BCUT2D eigenvalue weighted by atomic mass is 79.9. The average molecular weight is 370 g/mol. The molecular formula is C15H8BrClF2N2. The van der Waals surface area contributed by atoms with Crippen LogP contribution in [0.4, 0.5) is 8.78 Å². The van der Waals surface area contributed by atoms with E-state index >= 15 is 0 Å². The number of hydrogen-bond acceptors (Lipinski definition) is 2. The fraction of sp³-hybridized carbons (Fsp3) is 0.0667. The van der Waals surface area contributed by atoms with Gasteiger partial charge in [0.25, 0.3) is 0 Å². The van der Waals surface area contributed by atoms with E-state index in [0.717, 1.165) is 16.1 Å². The zero-order valence-corrected chi connectivity index (χ0v) is 13.1. The minimum atomic E-state index is -0.986. The van der Waals surface area contributed by atoms with Crippen LogP contribution in [0.3, 0.4) is 0 Å². The van der Waals surface area contributed by atoms with Gasteiger partial charge in [-0.05, 0) is 36.8 Å². The number of fused-ring (bicyclic) bond motifs is 1. The zero-order valence-electron chi connectivity index (χ0n) is 10.8. The number of hydrogen-bond donors (Lipinski definition) is 0. The molecule has 106 valence electrons. The molecule has 0 saturated heterocycles. The first kappa shape index (κ1) is 14.4. The predicted molar refractivity (Wildman–Crippen MR) is 82.3 cm³/mol. The molecule has 0 atom stereocenters. The van der Waals surface area contributed by atoms with Gasteiger partial charge in [-0.2, -0.15) is 0 Å². The van der Waals surface area contributed by atoms with Gasteiger partial charge >= 0.3 is 0 Å². The van der Waals surface area contributed by atoms with Crippen molar-refractivity contribution in [1.29, 1.82) is 0 Å². The first-order chi connectivity index (χ1) is 9.99. The van der Waals surface area contributed by atoms with Crippen LogP contribution >= 0.6 is 27.5 Å². The molecule has 0 N–H and O–H groups in total. The van der Waals surface area contributed by atoms with Crippen molar-refractivity contribution in [2.45, 2.75) is 6.92 Å². The Morgan fingerprint density at radius 2 is 1.86 bits per heavy atom. The second kappa shape index (κ2) is 5.31. The predicted octanol–water partition coefficient (Wildman–Crippen LogP) is 5.30. The lowest BCUT2D eigenvalue weighted by Gasteiger charge is -2.09. The van der Waals surface area contributed by atoms with Gasteiger partial charge in [0.05, 0.1) is 11.1 Å². The van der Waals surface area contributed by atoms with E-state index in [9.17, 15) is 8.78 Å². The minimum absolute atomic E-state index is 0.0156. The third-order valence-electron chi connectivity index (χ3n) is 3.20. The summed E-state index contributed by atoms with van der Waals surface area (Å²) in [6, 6.07) is 7.49. The zero-order chi connectivity index (χ0) is 15.1. The number of rotatable bonds is 1. The van der Waals surface area contributed by atoms with E-state index in [0.29, 0.717) is 10.9 Å². The maximum Gasteiger partial charge on any atom is 0.169 e. The first-order valence-electron chi connectivity index (χ1n) is 6.06. The Balaban J connectivity index is 2.35. The summed E-state index contributed by atoms with van der Waals surface area (Å²) in [4.78, 5) is 8.41. The largest absolute Gasteiger partial charge is 0.227 e. The van der Waals surface area contributed by atoms with Gasteiger partial charge < -0.3 is 0 Å². The Kier molecular flexibility index (Phi) is 3.63. The smallest absolute Gasteiger partial charge is 0.169 e. The Morgan fingerprint density at radius 3 is 2.62 bits per heavy atom.